The first kappa shape index (κ1) is 20.2. The van der Waals surface area contributed by atoms with Crippen LogP contribution in [0, 0.1) is 5.92 Å². The average molecular weight is 374 g/mol. The number of hydrogen-bond acceptors (Lipinski definition) is 4. The molecule has 150 valence electrons. The summed E-state index contributed by atoms with van der Waals surface area (Å²) in [4.78, 5) is 17.4. The molecule has 0 atom stereocenters. The minimum absolute atomic E-state index is 0.0613. The zero-order chi connectivity index (χ0) is 18.9. The first-order chi connectivity index (χ1) is 13.2. The smallest absolute Gasteiger partial charge is 0.225 e. The van der Waals surface area contributed by atoms with Crippen LogP contribution in [0.1, 0.15) is 44.9 Å². The van der Waals surface area contributed by atoms with Crippen LogP contribution in [0.2, 0.25) is 0 Å². The summed E-state index contributed by atoms with van der Waals surface area (Å²) in [6, 6.07) is 7.56. The number of para-hydroxylation sites is 2. The summed E-state index contributed by atoms with van der Waals surface area (Å²) in [5.74, 6) is 1.60. The largest absolute Gasteiger partial charge is 0.495 e. The number of anilines is 1. The molecule has 2 saturated heterocycles. The molecular formula is C22H35N3O2. The Balaban J connectivity index is 1.35. The number of benzene rings is 1. The molecule has 1 aromatic carbocycles. The highest BCUT2D eigenvalue weighted by Crippen LogP contribution is 2.24. The SMILES string of the molecule is COc1ccccc1NC(=O)CCN1CCC(CN2CCCCCC2)CC1. The number of amides is 1. The molecule has 0 saturated carbocycles. The lowest BCUT2D eigenvalue weighted by Crippen LogP contribution is -2.40. The van der Waals surface area contributed by atoms with Gasteiger partial charge in [-0.1, -0.05) is 25.0 Å². The maximum atomic E-state index is 12.3. The number of likely N-dealkylation sites (tertiary alicyclic amines) is 2. The molecule has 2 aliphatic rings. The predicted molar refractivity (Wildman–Crippen MR) is 110 cm³/mol. The topological polar surface area (TPSA) is 44.8 Å². The number of ether oxygens (including phenoxy) is 1. The molecule has 5 heteroatoms. The zero-order valence-corrected chi connectivity index (χ0v) is 16.8. The van der Waals surface area contributed by atoms with Gasteiger partial charge in [-0.05, 0) is 69.9 Å². The molecule has 1 N–H and O–H groups in total. The average Bonchev–Trinajstić information content (AvgIpc) is 2.96. The summed E-state index contributed by atoms with van der Waals surface area (Å²) in [5, 5.41) is 2.97. The van der Waals surface area contributed by atoms with E-state index in [9.17, 15) is 4.79 Å². The van der Waals surface area contributed by atoms with Crippen LogP contribution >= 0.6 is 0 Å². The highest BCUT2D eigenvalue weighted by atomic mass is 16.5. The van der Waals surface area contributed by atoms with Crippen LogP contribution in [0.25, 0.3) is 0 Å². The molecule has 2 aliphatic heterocycles. The Bertz CT molecular complexity index is 577. The maximum Gasteiger partial charge on any atom is 0.225 e. The second-order valence-electron chi connectivity index (χ2n) is 8.00. The van der Waals surface area contributed by atoms with Crippen LogP contribution in [-0.4, -0.2) is 62.1 Å². The maximum absolute atomic E-state index is 12.3. The van der Waals surface area contributed by atoms with Crippen molar-refractivity contribution < 1.29 is 9.53 Å². The van der Waals surface area contributed by atoms with Crippen LogP contribution in [0.15, 0.2) is 24.3 Å². The lowest BCUT2D eigenvalue weighted by molar-refractivity contribution is -0.116. The molecule has 5 nitrogen and oxygen atoms in total. The van der Waals surface area contributed by atoms with E-state index in [1.807, 2.05) is 24.3 Å². The molecule has 0 spiro atoms. The summed E-state index contributed by atoms with van der Waals surface area (Å²) < 4.78 is 5.29. The van der Waals surface area contributed by atoms with E-state index in [1.165, 1.54) is 58.2 Å². The van der Waals surface area contributed by atoms with Crippen molar-refractivity contribution in [1.29, 1.82) is 0 Å². The van der Waals surface area contributed by atoms with E-state index in [1.54, 1.807) is 7.11 Å². The third-order valence-corrected chi connectivity index (χ3v) is 5.96. The normalized spacial score (nSPS) is 20.2. The Morgan fingerprint density at radius 1 is 1.04 bits per heavy atom. The Morgan fingerprint density at radius 2 is 1.74 bits per heavy atom. The van der Waals surface area contributed by atoms with E-state index in [2.05, 4.69) is 15.1 Å². The summed E-state index contributed by atoms with van der Waals surface area (Å²) in [6.45, 7) is 6.97. The van der Waals surface area contributed by atoms with E-state index in [-0.39, 0.29) is 5.91 Å². The van der Waals surface area contributed by atoms with Crippen molar-refractivity contribution in [2.75, 3.05) is 51.7 Å². The number of nitrogens with zero attached hydrogens (tertiary/aromatic N) is 2. The molecular weight excluding hydrogens is 338 g/mol. The third-order valence-electron chi connectivity index (χ3n) is 5.96. The van der Waals surface area contributed by atoms with Gasteiger partial charge >= 0.3 is 0 Å². The Hall–Kier alpha value is -1.59. The van der Waals surface area contributed by atoms with Crippen LogP contribution in [0.5, 0.6) is 5.75 Å². The summed E-state index contributed by atoms with van der Waals surface area (Å²) >= 11 is 0. The van der Waals surface area contributed by atoms with Gasteiger partial charge in [0.1, 0.15) is 5.75 Å². The van der Waals surface area contributed by atoms with Gasteiger partial charge < -0.3 is 19.9 Å². The highest BCUT2D eigenvalue weighted by molar-refractivity contribution is 5.92. The fourth-order valence-electron chi connectivity index (χ4n) is 4.30. The summed E-state index contributed by atoms with van der Waals surface area (Å²) in [6.07, 6.45) is 8.64. The second-order valence-corrected chi connectivity index (χ2v) is 8.00. The van der Waals surface area contributed by atoms with Crippen molar-refractivity contribution in [1.82, 2.24) is 9.80 Å². The number of piperidine rings is 1. The lowest BCUT2D eigenvalue weighted by atomic mass is 9.96. The molecule has 0 bridgehead atoms. The number of carbonyl (C=O) groups excluding carboxylic acids is 1. The fourth-order valence-corrected chi connectivity index (χ4v) is 4.30. The fraction of sp³-hybridized carbons (Fsp3) is 0.682. The van der Waals surface area contributed by atoms with Crippen LogP contribution < -0.4 is 10.1 Å². The number of methoxy groups -OCH3 is 1. The van der Waals surface area contributed by atoms with Gasteiger partial charge in [-0.25, -0.2) is 0 Å². The van der Waals surface area contributed by atoms with E-state index in [4.69, 9.17) is 4.74 Å². The van der Waals surface area contributed by atoms with Crippen LogP contribution in [0.3, 0.4) is 0 Å². The molecule has 1 aromatic rings. The molecule has 1 amide bonds. The Labute approximate surface area is 164 Å². The molecule has 3 rings (SSSR count). The molecule has 0 unspecified atom stereocenters. The van der Waals surface area contributed by atoms with E-state index < -0.39 is 0 Å². The molecule has 0 aliphatic carbocycles. The van der Waals surface area contributed by atoms with E-state index in [0.717, 1.165) is 31.2 Å². The van der Waals surface area contributed by atoms with Gasteiger partial charge in [-0.2, -0.15) is 0 Å². The van der Waals surface area contributed by atoms with Crippen molar-refractivity contribution in [2.45, 2.75) is 44.9 Å². The van der Waals surface area contributed by atoms with Crippen LogP contribution in [0.4, 0.5) is 5.69 Å². The number of nitrogens with one attached hydrogen (secondary N) is 1. The molecule has 2 heterocycles. The minimum Gasteiger partial charge on any atom is -0.495 e. The third kappa shape index (κ3) is 6.51. The first-order valence-electron chi connectivity index (χ1n) is 10.6. The summed E-state index contributed by atoms with van der Waals surface area (Å²) in [7, 11) is 1.63. The number of rotatable bonds is 7. The van der Waals surface area contributed by atoms with Gasteiger partial charge in [-0.3, -0.25) is 4.79 Å². The van der Waals surface area contributed by atoms with E-state index >= 15 is 0 Å². The van der Waals surface area contributed by atoms with Gasteiger partial charge in [0.15, 0.2) is 0 Å². The minimum atomic E-state index is 0.0613. The summed E-state index contributed by atoms with van der Waals surface area (Å²) in [5.41, 5.74) is 0.751. The van der Waals surface area contributed by atoms with Crippen molar-refractivity contribution in [3.8, 4) is 5.75 Å². The van der Waals surface area contributed by atoms with Crippen molar-refractivity contribution in [2.24, 2.45) is 5.92 Å². The van der Waals surface area contributed by atoms with Gasteiger partial charge in [0.2, 0.25) is 5.91 Å². The molecule has 0 aromatic heterocycles. The van der Waals surface area contributed by atoms with Crippen molar-refractivity contribution in [3.63, 3.8) is 0 Å². The first-order valence-corrected chi connectivity index (χ1v) is 10.6. The molecule has 0 radical (unpaired) electrons. The van der Waals surface area contributed by atoms with Gasteiger partial charge in [0.05, 0.1) is 12.8 Å². The zero-order valence-electron chi connectivity index (χ0n) is 16.8. The van der Waals surface area contributed by atoms with Crippen molar-refractivity contribution >= 4 is 11.6 Å². The standard InChI is InChI=1S/C22H35N3O2/c1-27-21-9-5-4-8-20(21)23-22(26)12-17-24-15-10-19(11-16-24)18-25-13-6-2-3-7-14-25/h4-5,8-9,19H,2-3,6-7,10-18H2,1H3,(H,23,26). The number of hydrogen-bond donors (Lipinski definition) is 1. The lowest BCUT2D eigenvalue weighted by Gasteiger charge is -2.34. The van der Waals surface area contributed by atoms with Gasteiger partial charge in [0, 0.05) is 19.5 Å². The second kappa shape index (κ2) is 10.7. The molecule has 2 fully saturated rings. The highest BCUT2D eigenvalue weighted by Gasteiger charge is 2.22. The molecule has 27 heavy (non-hydrogen) atoms. The van der Waals surface area contributed by atoms with Crippen molar-refractivity contribution in [3.05, 3.63) is 24.3 Å². The van der Waals surface area contributed by atoms with Crippen LogP contribution in [-0.2, 0) is 4.79 Å². The monoisotopic (exact) mass is 373 g/mol. The number of carbonyl (C=O) groups is 1. The Kier molecular flexibility index (Phi) is 7.96. The van der Waals surface area contributed by atoms with Gasteiger partial charge in [-0.15, -0.1) is 0 Å². The van der Waals surface area contributed by atoms with Gasteiger partial charge in [0.25, 0.3) is 0 Å². The predicted octanol–water partition coefficient (Wildman–Crippen LogP) is 3.61. The quantitative estimate of drug-likeness (QED) is 0.793. The van der Waals surface area contributed by atoms with E-state index in [0.29, 0.717) is 12.2 Å². The Morgan fingerprint density at radius 3 is 2.44 bits per heavy atom.